The molecule has 16 heavy (non-hydrogen) atoms. The molecule has 0 saturated heterocycles. The Labute approximate surface area is 97.0 Å². The van der Waals surface area contributed by atoms with Crippen LogP contribution in [0.25, 0.3) is 0 Å². The van der Waals surface area contributed by atoms with Gasteiger partial charge in [-0.3, -0.25) is 10.1 Å². The van der Waals surface area contributed by atoms with Crippen LogP contribution in [0.5, 0.6) is 0 Å². The molecule has 96 valence electrons. The number of carbonyl (C=O) groups excluding carboxylic acids is 1. The van der Waals surface area contributed by atoms with Crippen LogP contribution in [-0.4, -0.2) is 50.5 Å². The van der Waals surface area contributed by atoms with Gasteiger partial charge in [-0.1, -0.05) is 0 Å². The van der Waals surface area contributed by atoms with Crippen LogP contribution in [0.2, 0.25) is 0 Å². The predicted molar refractivity (Wildman–Crippen MR) is 63.9 cm³/mol. The summed E-state index contributed by atoms with van der Waals surface area (Å²) >= 11 is 0. The van der Waals surface area contributed by atoms with Gasteiger partial charge in [-0.2, -0.15) is 0 Å². The molecule has 0 atom stereocenters. The maximum absolute atomic E-state index is 11.1. The van der Waals surface area contributed by atoms with Crippen LogP contribution in [0, 0.1) is 0 Å². The molecule has 6 nitrogen and oxygen atoms in total. The number of unbranched alkanes of at least 4 members (excludes halogenated alkanes) is 1. The highest BCUT2D eigenvalue weighted by atomic mass is 16.3. The summed E-state index contributed by atoms with van der Waals surface area (Å²) in [6, 6.07) is 0. The first-order valence-corrected chi connectivity index (χ1v) is 5.80. The molecule has 0 fully saturated rings. The number of amides is 1. The van der Waals surface area contributed by atoms with Crippen LogP contribution in [0.3, 0.4) is 0 Å². The van der Waals surface area contributed by atoms with E-state index in [9.17, 15) is 4.79 Å². The molecule has 1 amide bonds. The van der Waals surface area contributed by atoms with Crippen LogP contribution < -0.4 is 21.7 Å². The van der Waals surface area contributed by atoms with Crippen molar-refractivity contribution in [3.63, 3.8) is 0 Å². The minimum atomic E-state index is -0.168. The Kier molecular flexibility index (Phi) is 11.8. The highest BCUT2D eigenvalue weighted by molar-refractivity contribution is 5.77. The third kappa shape index (κ3) is 11.4. The summed E-state index contributed by atoms with van der Waals surface area (Å²) in [6.07, 6.45) is 3.00. The molecule has 0 aromatic rings. The summed E-state index contributed by atoms with van der Waals surface area (Å²) in [6.45, 7) is 3.34. The van der Waals surface area contributed by atoms with E-state index in [4.69, 9.17) is 10.8 Å². The van der Waals surface area contributed by atoms with Gasteiger partial charge >= 0.3 is 0 Å². The van der Waals surface area contributed by atoms with Gasteiger partial charge in [0.2, 0.25) is 5.91 Å². The first-order chi connectivity index (χ1) is 7.81. The second-order valence-corrected chi connectivity index (χ2v) is 3.53. The Morgan fingerprint density at radius 2 is 1.75 bits per heavy atom. The number of nitrogens with two attached hydrogens (primary N) is 1. The largest absolute Gasteiger partial charge is 0.381 e. The molecular weight excluding hydrogens is 208 g/mol. The van der Waals surface area contributed by atoms with Gasteiger partial charge in [0, 0.05) is 6.54 Å². The zero-order valence-corrected chi connectivity index (χ0v) is 9.80. The molecule has 0 saturated carbocycles. The number of hydrogen-bond donors (Lipinski definition) is 5. The Bertz CT molecular complexity index is 167. The topological polar surface area (TPSA) is 99.4 Å². The second kappa shape index (κ2) is 12.4. The number of rotatable bonds is 11. The van der Waals surface area contributed by atoms with Gasteiger partial charge in [0.05, 0.1) is 13.3 Å². The normalized spacial score (nSPS) is 10.4. The predicted octanol–water partition coefficient (Wildman–Crippen LogP) is -1.64. The van der Waals surface area contributed by atoms with Crippen molar-refractivity contribution in [1.82, 2.24) is 16.0 Å². The molecule has 0 aromatic heterocycles. The minimum absolute atomic E-state index is 0.0786. The van der Waals surface area contributed by atoms with Gasteiger partial charge in [0.1, 0.15) is 0 Å². The van der Waals surface area contributed by atoms with E-state index >= 15 is 0 Å². The lowest BCUT2D eigenvalue weighted by Crippen LogP contribution is -2.34. The van der Waals surface area contributed by atoms with Crippen LogP contribution in [0.15, 0.2) is 0 Å². The van der Waals surface area contributed by atoms with Gasteiger partial charge in [-0.05, 0) is 38.9 Å². The quantitative estimate of drug-likeness (QED) is 0.217. The first kappa shape index (κ1) is 15.3. The average Bonchev–Trinajstić information content (AvgIpc) is 2.30. The van der Waals surface area contributed by atoms with Crippen molar-refractivity contribution in [1.29, 1.82) is 0 Å². The molecule has 0 heterocycles. The number of aliphatic hydroxyl groups excluding tert-OH is 1. The molecular formula is C10H24N4O2. The summed E-state index contributed by atoms with van der Waals surface area (Å²) in [5, 5.41) is 17.0. The first-order valence-electron chi connectivity index (χ1n) is 5.80. The van der Waals surface area contributed by atoms with Crippen molar-refractivity contribution in [2.45, 2.75) is 19.3 Å². The fraction of sp³-hybridized carbons (Fsp3) is 0.900. The molecule has 6 heteroatoms. The van der Waals surface area contributed by atoms with Crippen molar-refractivity contribution in [2.24, 2.45) is 5.73 Å². The van der Waals surface area contributed by atoms with E-state index in [0.717, 1.165) is 38.9 Å². The van der Waals surface area contributed by atoms with E-state index in [1.54, 1.807) is 0 Å². The standard InChI is InChI=1S/C10H24N4O2/c11-4-3-6-12-5-1-2-7-14-10(16)8-13-9-15/h12-13,15H,1-9,11H2,(H,14,16). The molecule has 0 aliphatic carbocycles. The lowest BCUT2D eigenvalue weighted by molar-refractivity contribution is -0.120. The van der Waals surface area contributed by atoms with Crippen molar-refractivity contribution < 1.29 is 9.90 Å². The zero-order valence-electron chi connectivity index (χ0n) is 9.80. The summed E-state index contributed by atoms with van der Waals surface area (Å²) in [5.74, 6) is -0.0786. The van der Waals surface area contributed by atoms with Crippen molar-refractivity contribution >= 4 is 5.91 Å². The monoisotopic (exact) mass is 232 g/mol. The van der Waals surface area contributed by atoms with Crippen LogP contribution in [0.1, 0.15) is 19.3 Å². The Hall–Kier alpha value is -0.690. The highest BCUT2D eigenvalue weighted by Gasteiger charge is 1.97. The van der Waals surface area contributed by atoms with E-state index in [1.807, 2.05) is 0 Å². The lowest BCUT2D eigenvalue weighted by atomic mass is 10.3. The van der Waals surface area contributed by atoms with Crippen molar-refractivity contribution in [2.75, 3.05) is 39.5 Å². The fourth-order valence-corrected chi connectivity index (χ4v) is 1.19. The second-order valence-electron chi connectivity index (χ2n) is 3.53. The molecule has 0 unspecified atom stereocenters. The molecule has 0 rings (SSSR count). The Morgan fingerprint density at radius 3 is 2.44 bits per heavy atom. The van der Waals surface area contributed by atoms with Gasteiger partial charge < -0.3 is 21.5 Å². The summed E-state index contributed by atoms with van der Waals surface area (Å²) < 4.78 is 0. The molecule has 6 N–H and O–H groups in total. The summed E-state index contributed by atoms with van der Waals surface area (Å²) in [7, 11) is 0. The Morgan fingerprint density at radius 1 is 1.06 bits per heavy atom. The fourth-order valence-electron chi connectivity index (χ4n) is 1.19. The lowest BCUT2D eigenvalue weighted by Gasteiger charge is -2.06. The third-order valence-corrected chi connectivity index (χ3v) is 2.06. The number of carbonyl (C=O) groups is 1. The number of hydrogen-bond acceptors (Lipinski definition) is 5. The van der Waals surface area contributed by atoms with Crippen molar-refractivity contribution in [3.8, 4) is 0 Å². The highest BCUT2D eigenvalue weighted by Crippen LogP contribution is 1.84. The van der Waals surface area contributed by atoms with Crippen molar-refractivity contribution in [3.05, 3.63) is 0 Å². The molecule has 0 bridgehead atoms. The van der Waals surface area contributed by atoms with Gasteiger partial charge in [0.15, 0.2) is 0 Å². The summed E-state index contributed by atoms with van der Waals surface area (Å²) in [5.41, 5.74) is 5.35. The van der Waals surface area contributed by atoms with Crippen LogP contribution in [-0.2, 0) is 4.79 Å². The molecule has 0 radical (unpaired) electrons. The van der Waals surface area contributed by atoms with Gasteiger partial charge in [-0.25, -0.2) is 0 Å². The molecule has 0 aromatic carbocycles. The van der Waals surface area contributed by atoms with Crippen LogP contribution in [0.4, 0.5) is 0 Å². The van der Waals surface area contributed by atoms with Crippen LogP contribution >= 0.6 is 0 Å². The average molecular weight is 232 g/mol. The van der Waals surface area contributed by atoms with E-state index in [2.05, 4.69) is 16.0 Å². The van der Waals surface area contributed by atoms with Gasteiger partial charge in [-0.15, -0.1) is 0 Å². The number of aliphatic hydroxyl groups is 1. The molecule has 0 aliphatic heterocycles. The van der Waals surface area contributed by atoms with E-state index < -0.39 is 0 Å². The number of nitrogens with one attached hydrogen (secondary N) is 3. The molecule has 0 spiro atoms. The SMILES string of the molecule is NCCCNCCCCNC(=O)CNCO. The van der Waals surface area contributed by atoms with E-state index in [1.165, 1.54) is 0 Å². The summed E-state index contributed by atoms with van der Waals surface area (Å²) in [4.78, 5) is 11.1. The van der Waals surface area contributed by atoms with E-state index in [0.29, 0.717) is 6.54 Å². The van der Waals surface area contributed by atoms with E-state index in [-0.39, 0.29) is 19.2 Å². The maximum Gasteiger partial charge on any atom is 0.234 e. The zero-order chi connectivity index (χ0) is 12.1. The third-order valence-electron chi connectivity index (χ3n) is 2.06. The maximum atomic E-state index is 11.1. The minimum Gasteiger partial charge on any atom is -0.381 e. The molecule has 0 aliphatic rings. The smallest absolute Gasteiger partial charge is 0.234 e. The van der Waals surface area contributed by atoms with Gasteiger partial charge in [0.25, 0.3) is 0 Å². The Balaban J connectivity index is 3.05.